The molecule has 1 aromatic heterocycles. The normalized spacial score (nSPS) is 11.4. The summed E-state index contributed by atoms with van der Waals surface area (Å²) in [7, 11) is 0. The van der Waals surface area contributed by atoms with Gasteiger partial charge in [0.15, 0.2) is 0 Å². The number of alkyl halides is 3. The van der Waals surface area contributed by atoms with Crippen LogP contribution in [0.1, 0.15) is 0 Å². The Hall–Kier alpha value is -1.05. The number of hydrogen-bond donors (Lipinski definition) is 2. The Balaban J connectivity index is 2.71. The number of halogens is 4. The number of H-pyrrole nitrogens is 1. The quantitative estimate of drug-likeness (QED) is 0.804. The molecule has 0 fully saturated rings. The highest BCUT2D eigenvalue weighted by Gasteiger charge is 2.39. The maximum atomic E-state index is 11.7. The van der Waals surface area contributed by atoms with Crippen molar-refractivity contribution < 1.29 is 18.0 Å². The van der Waals surface area contributed by atoms with Crippen LogP contribution >= 0.6 is 15.9 Å². The molecule has 0 atom stereocenters. The average Bonchev–Trinajstić information content (AvgIpc) is 2.34. The summed E-state index contributed by atoms with van der Waals surface area (Å²) < 4.78 is 35.4. The van der Waals surface area contributed by atoms with E-state index < -0.39 is 12.1 Å². The summed E-state index contributed by atoms with van der Waals surface area (Å²) in [6, 6.07) is 0. The fraction of sp³-hybridized carbons (Fsp3) is 0.200. The molecule has 0 unspecified atom stereocenters. The minimum Gasteiger partial charge on any atom is -0.302 e. The zero-order valence-electron chi connectivity index (χ0n) is 5.94. The highest BCUT2D eigenvalue weighted by Crippen LogP contribution is 2.21. The molecule has 72 valence electrons. The Morgan fingerprint density at radius 1 is 1.62 bits per heavy atom. The fourth-order valence-electron chi connectivity index (χ4n) is 0.544. The lowest BCUT2D eigenvalue weighted by molar-refractivity contribution is -0.167. The zero-order chi connectivity index (χ0) is 10.1. The molecule has 1 aromatic rings. The largest absolute Gasteiger partial charge is 0.471 e. The van der Waals surface area contributed by atoms with Crippen molar-refractivity contribution in [3.8, 4) is 0 Å². The van der Waals surface area contributed by atoms with E-state index in [0.717, 1.165) is 0 Å². The first-order chi connectivity index (χ1) is 5.91. The molecule has 4 nitrogen and oxygen atoms in total. The second kappa shape index (κ2) is 3.36. The van der Waals surface area contributed by atoms with Crippen LogP contribution in [0.2, 0.25) is 0 Å². The molecule has 8 heteroatoms. The third-order valence-electron chi connectivity index (χ3n) is 1.09. The van der Waals surface area contributed by atoms with Gasteiger partial charge in [-0.3, -0.25) is 9.89 Å². The van der Waals surface area contributed by atoms with Gasteiger partial charge >= 0.3 is 12.1 Å². The van der Waals surface area contributed by atoms with Crippen LogP contribution in [0, 0.1) is 0 Å². The van der Waals surface area contributed by atoms with Crippen molar-refractivity contribution in [1.82, 2.24) is 10.2 Å². The van der Waals surface area contributed by atoms with Gasteiger partial charge in [0, 0.05) is 0 Å². The Labute approximate surface area is 78.6 Å². The molecule has 0 aliphatic carbocycles. The molecular formula is C5H3BrF3N3O. The van der Waals surface area contributed by atoms with E-state index in [1.807, 2.05) is 0 Å². The van der Waals surface area contributed by atoms with E-state index in [9.17, 15) is 18.0 Å². The van der Waals surface area contributed by atoms with Crippen LogP contribution in [0.3, 0.4) is 0 Å². The molecule has 0 spiro atoms. The molecule has 0 radical (unpaired) electrons. The maximum Gasteiger partial charge on any atom is 0.471 e. The Bertz CT molecular complexity index is 321. The third kappa shape index (κ3) is 2.44. The minimum absolute atomic E-state index is 0.123. The van der Waals surface area contributed by atoms with E-state index in [0.29, 0.717) is 0 Å². The van der Waals surface area contributed by atoms with Crippen LogP contribution < -0.4 is 5.32 Å². The van der Waals surface area contributed by atoms with E-state index in [-0.39, 0.29) is 10.3 Å². The molecule has 13 heavy (non-hydrogen) atoms. The molecule has 1 rings (SSSR count). The average molecular weight is 258 g/mol. The summed E-state index contributed by atoms with van der Waals surface area (Å²) in [5.74, 6) is -2.17. The number of nitrogens with zero attached hydrogens (tertiary/aromatic N) is 1. The van der Waals surface area contributed by atoms with Crippen LogP contribution in [-0.2, 0) is 4.79 Å². The molecular weight excluding hydrogens is 255 g/mol. The smallest absolute Gasteiger partial charge is 0.302 e. The van der Waals surface area contributed by atoms with Crippen molar-refractivity contribution in [2.45, 2.75) is 6.18 Å². The maximum absolute atomic E-state index is 11.7. The van der Waals surface area contributed by atoms with E-state index in [1.54, 1.807) is 5.32 Å². The molecule has 0 bridgehead atoms. The highest BCUT2D eigenvalue weighted by molar-refractivity contribution is 9.10. The van der Waals surface area contributed by atoms with Gasteiger partial charge in [0.25, 0.3) is 0 Å². The Kier molecular flexibility index (Phi) is 2.60. The highest BCUT2D eigenvalue weighted by atomic mass is 79.9. The first-order valence-corrected chi connectivity index (χ1v) is 3.77. The molecule has 0 saturated carbocycles. The molecule has 0 aromatic carbocycles. The van der Waals surface area contributed by atoms with Crippen molar-refractivity contribution in [1.29, 1.82) is 0 Å². The number of aromatic amines is 1. The summed E-state index contributed by atoms with van der Waals surface area (Å²) in [5, 5.41) is 7.18. The van der Waals surface area contributed by atoms with Crippen molar-refractivity contribution in [3.63, 3.8) is 0 Å². The number of aromatic nitrogens is 2. The molecule has 0 saturated heterocycles. The summed E-state index contributed by atoms with van der Waals surface area (Å²) in [4.78, 5) is 10.4. The molecule has 0 aliphatic rings. The second-order valence-electron chi connectivity index (χ2n) is 2.04. The Morgan fingerprint density at radius 3 is 2.62 bits per heavy atom. The second-order valence-corrected chi connectivity index (χ2v) is 2.90. The first kappa shape index (κ1) is 10.0. The van der Waals surface area contributed by atoms with Gasteiger partial charge in [-0.05, 0) is 15.9 Å². The first-order valence-electron chi connectivity index (χ1n) is 2.98. The van der Waals surface area contributed by atoms with Crippen molar-refractivity contribution in [2.75, 3.05) is 5.32 Å². The van der Waals surface area contributed by atoms with Gasteiger partial charge in [-0.1, -0.05) is 0 Å². The topological polar surface area (TPSA) is 57.8 Å². The van der Waals surface area contributed by atoms with E-state index in [4.69, 9.17) is 0 Å². The standard InChI is InChI=1S/C5H3BrF3N3O/c6-2-1-10-12-3(2)11-4(13)5(7,8)9/h1H,(H2,10,11,12,13). The number of anilines is 1. The van der Waals surface area contributed by atoms with Crippen molar-refractivity contribution in [3.05, 3.63) is 10.7 Å². The van der Waals surface area contributed by atoms with Gasteiger partial charge in [-0.2, -0.15) is 18.3 Å². The molecule has 1 heterocycles. The van der Waals surface area contributed by atoms with Crippen LogP contribution in [0.25, 0.3) is 0 Å². The van der Waals surface area contributed by atoms with Gasteiger partial charge in [-0.25, -0.2) is 0 Å². The van der Waals surface area contributed by atoms with E-state index in [1.165, 1.54) is 6.20 Å². The van der Waals surface area contributed by atoms with E-state index >= 15 is 0 Å². The van der Waals surface area contributed by atoms with Gasteiger partial charge in [0.1, 0.15) is 5.82 Å². The van der Waals surface area contributed by atoms with Crippen LogP contribution in [0.4, 0.5) is 19.0 Å². The van der Waals surface area contributed by atoms with Crippen LogP contribution in [0.15, 0.2) is 10.7 Å². The predicted molar refractivity (Wildman–Crippen MR) is 41.0 cm³/mol. The number of carbonyl (C=O) groups is 1. The van der Waals surface area contributed by atoms with Gasteiger partial charge in [0.05, 0.1) is 10.7 Å². The number of hydrogen-bond acceptors (Lipinski definition) is 2. The number of nitrogens with one attached hydrogen (secondary N) is 2. The minimum atomic E-state index is -4.90. The SMILES string of the molecule is O=C(Nc1[nH]ncc1Br)C(F)(F)F. The number of rotatable bonds is 1. The van der Waals surface area contributed by atoms with Crippen molar-refractivity contribution in [2.24, 2.45) is 0 Å². The van der Waals surface area contributed by atoms with Gasteiger partial charge < -0.3 is 5.32 Å². The van der Waals surface area contributed by atoms with Crippen LogP contribution in [0.5, 0.6) is 0 Å². The summed E-state index contributed by atoms with van der Waals surface area (Å²) in [6.45, 7) is 0. The fourth-order valence-corrected chi connectivity index (χ4v) is 0.834. The lowest BCUT2D eigenvalue weighted by atomic mass is 10.5. The van der Waals surface area contributed by atoms with Gasteiger partial charge in [-0.15, -0.1) is 0 Å². The molecule has 1 amide bonds. The lowest BCUT2D eigenvalue weighted by Gasteiger charge is -2.05. The third-order valence-corrected chi connectivity index (χ3v) is 1.69. The van der Waals surface area contributed by atoms with Gasteiger partial charge in [0.2, 0.25) is 0 Å². The van der Waals surface area contributed by atoms with Crippen LogP contribution in [-0.4, -0.2) is 22.3 Å². The summed E-state index contributed by atoms with van der Waals surface area (Å²) >= 11 is 2.89. The summed E-state index contributed by atoms with van der Waals surface area (Å²) in [6.07, 6.45) is -3.67. The van der Waals surface area contributed by atoms with Crippen molar-refractivity contribution >= 4 is 27.7 Å². The number of carbonyl (C=O) groups excluding carboxylic acids is 1. The Morgan fingerprint density at radius 2 is 2.23 bits per heavy atom. The number of amides is 1. The summed E-state index contributed by atoms with van der Waals surface area (Å²) in [5.41, 5.74) is 0. The predicted octanol–water partition coefficient (Wildman–Crippen LogP) is 1.67. The molecule has 0 aliphatic heterocycles. The zero-order valence-corrected chi connectivity index (χ0v) is 7.53. The van der Waals surface area contributed by atoms with E-state index in [2.05, 4.69) is 26.1 Å². The molecule has 2 N–H and O–H groups in total. The monoisotopic (exact) mass is 257 g/mol. The lowest BCUT2D eigenvalue weighted by Crippen LogP contribution is -2.30.